The van der Waals surface area contributed by atoms with Crippen LogP contribution in [-0.2, 0) is 22.1 Å². The zero-order valence-corrected chi connectivity index (χ0v) is 20.5. The summed E-state index contributed by atoms with van der Waals surface area (Å²) < 4.78 is 27.7. The van der Waals surface area contributed by atoms with Gasteiger partial charge in [-0.15, -0.1) is 0 Å². The Morgan fingerprint density at radius 1 is 0.741 bits per heavy atom. The van der Waals surface area contributed by atoms with E-state index in [4.69, 9.17) is 33.6 Å². The van der Waals surface area contributed by atoms with Gasteiger partial charge < -0.3 is 38.9 Å². The molecule has 0 fully saturated rings. The Hall–Kier alpha value is 0.114. The lowest BCUT2D eigenvalue weighted by Crippen LogP contribution is -2.46. The van der Waals surface area contributed by atoms with Crippen molar-refractivity contribution in [3.63, 3.8) is 0 Å². The van der Waals surface area contributed by atoms with E-state index >= 15 is 0 Å². The number of hydrogen-bond acceptors (Lipinski definition) is 8. The molecule has 0 saturated carbocycles. The quantitative estimate of drug-likeness (QED) is 0.237. The topological polar surface area (TPSA) is 110 Å². The second kappa shape index (κ2) is 19.4. The third kappa shape index (κ3) is 15.7. The van der Waals surface area contributed by atoms with Gasteiger partial charge in [-0.25, -0.2) is 0 Å². The predicted octanol–water partition coefficient (Wildman–Crippen LogP) is 1.67. The summed E-state index contributed by atoms with van der Waals surface area (Å²) in [5.74, 6) is 0. The highest BCUT2D eigenvalue weighted by Gasteiger charge is 2.39. The van der Waals surface area contributed by atoms with Gasteiger partial charge in [-0.3, -0.25) is 0 Å². The fourth-order valence-electron chi connectivity index (χ4n) is 2.37. The second-order valence-corrected chi connectivity index (χ2v) is 12.4. The van der Waals surface area contributed by atoms with Crippen LogP contribution in [0.5, 0.6) is 0 Å². The van der Waals surface area contributed by atoms with E-state index in [1.54, 1.807) is 14.2 Å². The lowest BCUT2D eigenvalue weighted by molar-refractivity contribution is 0.0710. The Kier molecular flexibility index (Phi) is 21.1. The van der Waals surface area contributed by atoms with Crippen LogP contribution in [0.15, 0.2) is 0 Å². The molecule has 166 valence electrons. The third-order valence-corrected chi connectivity index (χ3v) is 10.1. The first-order valence-electron chi connectivity index (χ1n) is 10.1. The van der Waals surface area contributed by atoms with Gasteiger partial charge in [0.25, 0.3) is 0 Å². The van der Waals surface area contributed by atoms with Crippen molar-refractivity contribution in [3.05, 3.63) is 0 Å². The van der Waals surface area contributed by atoms with E-state index < -0.39 is 17.4 Å². The van der Waals surface area contributed by atoms with Gasteiger partial charge in [-0.2, -0.15) is 0 Å². The zero-order valence-electron chi connectivity index (χ0n) is 18.5. The summed E-state index contributed by atoms with van der Waals surface area (Å²) in [4.78, 5) is 0. The molecule has 0 heterocycles. The van der Waals surface area contributed by atoms with E-state index in [0.717, 1.165) is 38.0 Å². The summed E-state index contributed by atoms with van der Waals surface area (Å²) >= 11 is 0. The van der Waals surface area contributed by atoms with Crippen LogP contribution in [0.25, 0.3) is 0 Å². The summed E-state index contributed by atoms with van der Waals surface area (Å²) in [6.07, 6.45) is 1.98. The predicted molar refractivity (Wildman–Crippen MR) is 116 cm³/mol. The summed E-state index contributed by atoms with van der Waals surface area (Å²) in [6, 6.07) is 1.84. The van der Waals surface area contributed by atoms with E-state index in [1.165, 1.54) is 0 Å². The molecule has 0 amide bonds. The molecule has 0 spiro atoms. The first-order valence-corrected chi connectivity index (χ1v) is 14.5. The molecule has 0 bridgehead atoms. The highest BCUT2D eigenvalue weighted by Crippen LogP contribution is 2.17. The molecule has 27 heavy (non-hydrogen) atoms. The monoisotopic (exact) mass is 427 g/mol. The van der Waals surface area contributed by atoms with Gasteiger partial charge in [0.1, 0.15) is 0 Å². The normalized spacial score (nSPS) is 12.0. The molecule has 0 unspecified atom stereocenters. The molecule has 0 aromatic carbocycles. The van der Waals surface area contributed by atoms with E-state index in [0.29, 0.717) is 32.9 Å². The fourth-order valence-corrected chi connectivity index (χ4v) is 6.40. The number of rotatable bonds is 17. The van der Waals surface area contributed by atoms with Crippen LogP contribution in [0.4, 0.5) is 0 Å². The smallest absolute Gasteiger partial charge is 0.398 e. The molecule has 0 aromatic heterocycles. The second-order valence-electron chi connectivity index (χ2n) is 6.06. The van der Waals surface area contributed by atoms with Crippen molar-refractivity contribution in [1.29, 1.82) is 0 Å². The number of hydrogen-bond donors (Lipinski definition) is 3. The molecule has 0 atom stereocenters. The minimum atomic E-state index is -2.40. The van der Waals surface area contributed by atoms with Gasteiger partial charge in [0.15, 0.2) is 0 Å². The summed E-state index contributed by atoms with van der Waals surface area (Å²) in [7, 11) is -0.775. The largest absolute Gasteiger partial charge is 0.500 e. The van der Waals surface area contributed by atoms with E-state index in [-0.39, 0.29) is 0 Å². The van der Waals surface area contributed by atoms with Crippen LogP contribution < -0.4 is 16.8 Å². The van der Waals surface area contributed by atoms with Crippen molar-refractivity contribution in [1.82, 2.24) is 5.32 Å². The Balaban J connectivity index is 0. The molecule has 0 aliphatic rings. The first kappa shape index (κ1) is 29.3. The Morgan fingerprint density at radius 2 is 1.26 bits per heavy atom. The lowest BCUT2D eigenvalue weighted by atomic mass is 10.5. The van der Waals surface area contributed by atoms with Gasteiger partial charge in [0, 0.05) is 53.2 Å². The number of nitrogens with two attached hydrogens (primary N) is 2. The van der Waals surface area contributed by atoms with Crippen LogP contribution >= 0.6 is 0 Å². The molecule has 8 nitrogen and oxygen atoms in total. The van der Waals surface area contributed by atoms with Crippen LogP contribution in [0.3, 0.4) is 0 Å². The number of nitrogens with one attached hydrogen (secondary N) is 1. The van der Waals surface area contributed by atoms with Crippen molar-refractivity contribution in [3.8, 4) is 0 Å². The van der Waals surface area contributed by atoms with E-state index in [9.17, 15) is 0 Å². The lowest BCUT2D eigenvalue weighted by Gasteiger charge is -2.28. The Morgan fingerprint density at radius 3 is 1.63 bits per heavy atom. The standard InChI is InChI=1S/C9H23NO3Si.C8H22N2O2Si/c1-4-11-14(12-5-2,13-6-3)9-7-8-10;1-11-13(3,12-2)8-4-6-10-7-5-9/h4-10H2,1-3H3;10H,4-9H2,1-3H3. The van der Waals surface area contributed by atoms with Gasteiger partial charge in [0.05, 0.1) is 0 Å². The van der Waals surface area contributed by atoms with Crippen LogP contribution in [0.1, 0.15) is 33.6 Å². The molecule has 0 aliphatic carbocycles. The maximum Gasteiger partial charge on any atom is 0.500 e. The first-order chi connectivity index (χ1) is 12.9. The minimum absolute atomic E-state index is 0.636. The van der Waals surface area contributed by atoms with Crippen molar-refractivity contribution in [2.45, 2.75) is 52.2 Å². The van der Waals surface area contributed by atoms with Crippen molar-refractivity contribution in [2.24, 2.45) is 11.5 Å². The average Bonchev–Trinajstić information content (AvgIpc) is 2.67. The molecule has 0 saturated heterocycles. The maximum atomic E-state index is 5.65. The highest BCUT2D eigenvalue weighted by molar-refractivity contribution is 6.65. The Bertz CT molecular complexity index is 297. The summed E-state index contributed by atoms with van der Waals surface area (Å²) in [5, 5.41) is 3.24. The van der Waals surface area contributed by atoms with Gasteiger partial charge in [-0.05, 0) is 59.3 Å². The summed E-state index contributed by atoms with van der Waals surface area (Å²) in [5.41, 5.74) is 10.8. The molecule has 10 heteroatoms. The maximum absolute atomic E-state index is 5.65. The van der Waals surface area contributed by atoms with E-state index in [2.05, 4.69) is 11.9 Å². The molecular weight excluding hydrogens is 382 g/mol. The Labute approximate surface area is 169 Å². The van der Waals surface area contributed by atoms with Crippen molar-refractivity contribution in [2.75, 3.05) is 60.2 Å². The average molecular weight is 428 g/mol. The third-order valence-electron chi connectivity index (χ3n) is 3.95. The molecule has 0 radical (unpaired) electrons. The summed E-state index contributed by atoms with van der Waals surface area (Å²) in [6.45, 7) is 13.1. The molecule has 5 N–H and O–H groups in total. The van der Waals surface area contributed by atoms with Crippen LogP contribution in [0.2, 0.25) is 18.6 Å². The highest BCUT2D eigenvalue weighted by atomic mass is 28.4. The van der Waals surface area contributed by atoms with Gasteiger partial charge >= 0.3 is 17.4 Å². The fraction of sp³-hybridized carbons (Fsp3) is 1.00. The van der Waals surface area contributed by atoms with Gasteiger partial charge in [-0.1, -0.05) is 0 Å². The van der Waals surface area contributed by atoms with Gasteiger partial charge in [0.2, 0.25) is 0 Å². The van der Waals surface area contributed by atoms with Crippen molar-refractivity contribution < 1.29 is 22.1 Å². The van der Waals surface area contributed by atoms with Crippen molar-refractivity contribution >= 4 is 17.4 Å². The minimum Gasteiger partial charge on any atom is -0.398 e. The van der Waals surface area contributed by atoms with E-state index in [1.807, 2.05) is 20.8 Å². The zero-order chi connectivity index (χ0) is 21.0. The van der Waals surface area contributed by atoms with Crippen LogP contribution in [0, 0.1) is 0 Å². The molecule has 0 rings (SSSR count). The SMILES string of the molecule is CCO[Si](CCCN)(OCC)OCC.CO[Si](C)(CCCNCCN)OC. The molecule has 0 aromatic rings. The molecule has 0 aliphatic heterocycles. The van der Waals surface area contributed by atoms with Crippen LogP contribution in [-0.4, -0.2) is 77.6 Å². The molecular formula is C17H45N3O5Si2.